The van der Waals surface area contributed by atoms with E-state index in [9.17, 15) is 56.7 Å². The summed E-state index contributed by atoms with van der Waals surface area (Å²) in [6, 6.07) is 16.0. The van der Waals surface area contributed by atoms with Gasteiger partial charge in [-0.15, -0.1) is 0 Å². The van der Waals surface area contributed by atoms with Crippen molar-refractivity contribution in [2.24, 2.45) is 0 Å². The molecule has 3 aromatic rings. The summed E-state index contributed by atoms with van der Waals surface area (Å²) in [7, 11) is -22.4. The monoisotopic (exact) mass is 838 g/mol. The van der Waals surface area contributed by atoms with E-state index in [0.717, 1.165) is 0 Å². The highest BCUT2D eigenvalue weighted by Gasteiger charge is 2.39. The first-order valence-corrected chi connectivity index (χ1v) is 24.1. The van der Waals surface area contributed by atoms with Crippen LogP contribution in [0, 0.1) is 20.8 Å². The van der Waals surface area contributed by atoms with E-state index < -0.39 is 102 Å². The fraction of sp³-hybridized carbons (Fsp3) is 0.406. The summed E-state index contributed by atoms with van der Waals surface area (Å²) in [6.07, 6.45) is 0. The molecule has 0 saturated carbocycles. The van der Waals surface area contributed by atoms with Crippen molar-refractivity contribution in [1.29, 1.82) is 0 Å². The van der Waals surface area contributed by atoms with Crippen LogP contribution in [-0.4, -0.2) is 116 Å². The van der Waals surface area contributed by atoms with Crippen LogP contribution in [0.15, 0.2) is 60.7 Å². The normalized spacial score (nSPS) is 13.2. The highest BCUT2D eigenvalue weighted by molar-refractivity contribution is 7.93. The van der Waals surface area contributed by atoms with E-state index in [1.807, 2.05) is 0 Å². The lowest BCUT2D eigenvalue weighted by molar-refractivity contribution is 0.107. The lowest BCUT2D eigenvalue weighted by Gasteiger charge is -2.30. The minimum atomic E-state index is -4.55. The Hall–Kier alpha value is -2.88. The quantitative estimate of drug-likeness (QED) is 0.0936. The highest BCUT2D eigenvalue weighted by Crippen LogP contribution is 2.49. The van der Waals surface area contributed by atoms with E-state index in [1.54, 1.807) is 81.4 Å². The zero-order chi connectivity index (χ0) is 40.0. The Bertz CT molecular complexity index is 2070. The van der Waals surface area contributed by atoms with E-state index in [2.05, 4.69) is 0 Å². The van der Waals surface area contributed by atoms with E-state index in [4.69, 9.17) is 0 Å². The molecule has 0 aliphatic carbocycles. The van der Waals surface area contributed by atoms with E-state index in [1.165, 1.54) is 9.80 Å². The summed E-state index contributed by atoms with van der Waals surface area (Å²) < 4.78 is 147. The second-order valence-corrected chi connectivity index (χ2v) is 21.4. The van der Waals surface area contributed by atoms with Gasteiger partial charge in [0, 0.05) is 55.4 Å². The second-order valence-electron chi connectivity index (χ2n) is 12.5. The van der Waals surface area contributed by atoms with Gasteiger partial charge in [-0.2, -0.15) is 33.7 Å². The average Bonchev–Trinajstić information content (AvgIpc) is 3.05. The highest BCUT2D eigenvalue weighted by atomic mass is 32.2. The first-order valence-electron chi connectivity index (χ1n) is 16.0. The SMILES string of the molecule is Cc1c(CN(CCS(=O)(=O)O)CCS(=O)(=O)O)c(C)c(C(=O)P(=O)(c2ccccc2)c2ccccc2)c(C)c1CN(CCS(=O)(=O)O)CCS(=O)(=O)O. The van der Waals surface area contributed by atoms with Crippen LogP contribution in [-0.2, 0) is 58.1 Å². The lowest BCUT2D eigenvalue weighted by Crippen LogP contribution is -2.35. The number of carbonyl (C=O) groups is 1. The summed E-state index contributed by atoms with van der Waals surface area (Å²) >= 11 is 0. The summed E-state index contributed by atoms with van der Waals surface area (Å²) in [5.41, 5.74) is 0.841. The summed E-state index contributed by atoms with van der Waals surface area (Å²) in [6.45, 7) is 2.56. The molecule has 0 saturated heterocycles. The molecule has 53 heavy (non-hydrogen) atoms. The Morgan fingerprint density at radius 3 is 1.08 bits per heavy atom. The number of hydrogen-bond donors (Lipinski definition) is 4. The molecule has 21 heteroatoms. The van der Waals surface area contributed by atoms with Gasteiger partial charge in [0.25, 0.3) is 40.5 Å². The molecule has 16 nitrogen and oxygen atoms in total. The number of hydrogen-bond acceptors (Lipinski definition) is 12. The van der Waals surface area contributed by atoms with Crippen LogP contribution in [0.1, 0.15) is 38.2 Å². The van der Waals surface area contributed by atoms with Crippen molar-refractivity contribution >= 4 is 63.7 Å². The predicted molar refractivity (Wildman–Crippen MR) is 201 cm³/mol. The minimum absolute atomic E-state index is 0.0225. The van der Waals surface area contributed by atoms with Crippen LogP contribution >= 0.6 is 7.14 Å². The van der Waals surface area contributed by atoms with Crippen LogP contribution in [0.5, 0.6) is 0 Å². The maximum atomic E-state index is 15.3. The number of carbonyl (C=O) groups excluding carboxylic acids is 1. The molecule has 3 rings (SSSR count). The minimum Gasteiger partial charge on any atom is -0.305 e. The molecule has 0 spiro atoms. The fourth-order valence-electron chi connectivity index (χ4n) is 5.90. The van der Waals surface area contributed by atoms with Gasteiger partial charge in [-0.1, -0.05) is 60.7 Å². The maximum absolute atomic E-state index is 15.3. The van der Waals surface area contributed by atoms with Crippen molar-refractivity contribution in [3.8, 4) is 0 Å². The Morgan fingerprint density at radius 2 is 0.811 bits per heavy atom. The molecule has 0 heterocycles. The zero-order valence-electron chi connectivity index (χ0n) is 29.2. The molecular formula is C32H43N2O14PS4. The van der Waals surface area contributed by atoms with Gasteiger partial charge in [0.2, 0.25) is 12.7 Å². The summed E-state index contributed by atoms with van der Waals surface area (Å²) in [4.78, 5) is 17.6. The number of benzene rings is 3. The first kappa shape index (κ1) is 44.5. The molecule has 0 amide bonds. The van der Waals surface area contributed by atoms with Gasteiger partial charge in [0.15, 0.2) is 0 Å². The van der Waals surface area contributed by atoms with Crippen molar-refractivity contribution in [3.63, 3.8) is 0 Å². The molecule has 0 aliphatic rings. The van der Waals surface area contributed by atoms with Crippen molar-refractivity contribution in [2.75, 3.05) is 49.2 Å². The Morgan fingerprint density at radius 1 is 0.528 bits per heavy atom. The van der Waals surface area contributed by atoms with Gasteiger partial charge < -0.3 is 4.57 Å². The number of nitrogens with zero attached hydrogens (tertiary/aromatic N) is 2. The molecule has 4 N–H and O–H groups in total. The zero-order valence-corrected chi connectivity index (χ0v) is 33.4. The summed E-state index contributed by atoms with van der Waals surface area (Å²) in [5, 5.41) is 0.425. The van der Waals surface area contributed by atoms with Crippen LogP contribution < -0.4 is 10.6 Å². The van der Waals surface area contributed by atoms with E-state index >= 15 is 4.57 Å². The topological polar surface area (TPSA) is 258 Å². The van der Waals surface area contributed by atoms with E-state index in [-0.39, 0.29) is 40.4 Å². The number of rotatable bonds is 20. The molecule has 0 radical (unpaired) electrons. The Balaban J connectivity index is 2.37. The Labute approximate surface area is 310 Å². The molecule has 3 aromatic carbocycles. The van der Waals surface area contributed by atoms with Gasteiger partial charge in [0.1, 0.15) is 0 Å². The molecule has 294 valence electrons. The molecule has 0 unspecified atom stereocenters. The average molecular weight is 839 g/mol. The van der Waals surface area contributed by atoms with Gasteiger partial charge in [-0.25, -0.2) is 0 Å². The van der Waals surface area contributed by atoms with Gasteiger partial charge >= 0.3 is 0 Å². The van der Waals surface area contributed by atoms with Crippen LogP contribution in [0.2, 0.25) is 0 Å². The van der Waals surface area contributed by atoms with Gasteiger partial charge in [-0.05, 0) is 48.6 Å². The molecule has 0 fully saturated rings. The fourth-order valence-corrected chi connectivity index (χ4v) is 10.5. The predicted octanol–water partition coefficient (Wildman–Crippen LogP) is 1.92. The van der Waals surface area contributed by atoms with Crippen molar-refractivity contribution in [3.05, 3.63) is 94.0 Å². The lowest BCUT2D eigenvalue weighted by atomic mass is 9.88. The smallest absolute Gasteiger partial charge is 0.266 e. The van der Waals surface area contributed by atoms with Crippen molar-refractivity contribution < 1.29 is 61.2 Å². The summed E-state index contributed by atoms with van der Waals surface area (Å²) in [5.74, 6) is -3.29. The van der Waals surface area contributed by atoms with Gasteiger partial charge in [0.05, 0.1) is 23.0 Å². The molecule has 0 aromatic heterocycles. The largest absolute Gasteiger partial charge is 0.305 e. The van der Waals surface area contributed by atoms with Gasteiger partial charge in [-0.3, -0.25) is 32.8 Å². The van der Waals surface area contributed by atoms with Crippen molar-refractivity contribution in [1.82, 2.24) is 9.80 Å². The molecule has 0 atom stereocenters. The Kier molecular flexibility index (Phi) is 14.9. The standard InChI is InChI=1S/C32H43N2O14PS4/c1-24-29(22-33(14-18-50(37,38)39)15-19-51(40,41)42)25(2)31(26(3)30(24)23-34(16-20-52(43,44)45)17-21-53(46,47)48)32(35)49(36,27-10-6-4-7-11-27)28-12-8-5-9-13-28/h4-13H,14-23H2,1-3H3,(H,37,38,39)(H,40,41,42)(H,43,44,45)(H,46,47,48). The first-order chi connectivity index (χ1) is 24.3. The van der Waals surface area contributed by atoms with Crippen LogP contribution in [0.3, 0.4) is 0 Å². The van der Waals surface area contributed by atoms with Crippen LogP contribution in [0.4, 0.5) is 0 Å². The third kappa shape index (κ3) is 13.1. The maximum Gasteiger partial charge on any atom is 0.266 e. The third-order valence-corrected chi connectivity index (χ3v) is 14.4. The second kappa shape index (κ2) is 17.7. The molecular weight excluding hydrogens is 796 g/mol. The van der Waals surface area contributed by atoms with E-state index in [0.29, 0.717) is 16.7 Å². The molecule has 0 aliphatic heterocycles. The van der Waals surface area contributed by atoms with Crippen LogP contribution in [0.25, 0.3) is 0 Å². The third-order valence-electron chi connectivity index (χ3n) is 8.73. The van der Waals surface area contributed by atoms with Crippen molar-refractivity contribution in [2.45, 2.75) is 33.9 Å². The molecule has 0 bridgehead atoms.